The van der Waals surface area contributed by atoms with Gasteiger partial charge < -0.3 is 20.0 Å². The van der Waals surface area contributed by atoms with E-state index < -0.39 is 34.9 Å². The highest BCUT2D eigenvalue weighted by atomic mass is 19.2. The van der Waals surface area contributed by atoms with Crippen molar-refractivity contribution in [3.63, 3.8) is 0 Å². The first kappa shape index (κ1) is 26.3. The van der Waals surface area contributed by atoms with Gasteiger partial charge in [0.05, 0.1) is 11.7 Å². The second kappa shape index (κ2) is 11.1. The largest absolute Gasteiger partial charge is 0.389 e. The molecule has 2 aromatic rings. The minimum Gasteiger partial charge on any atom is -0.389 e. The number of likely N-dealkylation sites (tertiary alicyclic amines) is 2. The third kappa shape index (κ3) is 6.14. The van der Waals surface area contributed by atoms with Crippen LogP contribution in [-0.2, 0) is 0 Å². The number of ketones is 1. The van der Waals surface area contributed by atoms with Gasteiger partial charge in [0.25, 0.3) is 0 Å². The highest BCUT2D eigenvalue weighted by Crippen LogP contribution is 2.31. The van der Waals surface area contributed by atoms with Gasteiger partial charge in [-0.25, -0.2) is 17.6 Å². The maximum atomic E-state index is 13.4. The maximum Gasteiger partial charge on any atom is 0.194 e. The molecule has 2 fully saturated rings. The zero-order chi connectivity index (χ0) is 25.9. The van der Waals surface area contributed by atoms with Crippen molar-refractivity contribution in [2.45, 2.75) is 43.3 Å². The van der Waals surface area contributed by atoms with Gasteiger partial charge in [0.15, 0.2) is 23.2 Å². The van der Waals surface area contributed by atoms with Crippen LogP contribution in [-0.4, -0.2) is 70.2 Å². The zero-order valence-corrected chi connectivity index (χ0v) is 19.8. The number of carbonyl (C=O) groups excluding carboxylic acids is 1. The highest BCUT2D eigenvalue weighted by molar-refractivity contribution is 6.04. The lowest BCUT2D eigenvalue weighted by Gasteiger charge is -2.43. The first-order valence-electron chi connectivity index (χ1n) is 12.1. The van der Waals surface area contributed by atoms with E-state index in [0.29, 0.717) is 50.5 Å². The molecule has 5 nitrogen and oxygen atoms in total. The zero-order valence-electron chi connectivity index (χ0n) is 19.8. The standard InChI is InChI=1S/C27H30F4N2O3/c28-21-3-1-18(2-4-21)19-5-10-33(11-6-19)17-25(35)27(36)8-13-32(14-9-27)12-7-24(34)20-15-22(29)26(31)23(30)16-20/h1-4,7,12,15-16,19,25,35-36H,5-6,8-11,13-14,17H2. The Kier molecular flexibility index (Phi) is 8.12. The van der Waals surface area contributed by atoms with Crippen molar-refractivity contribution < 1.29 is 32.6 Å². The quantitative estimate of drug-likeness (QED) is 0.257. The average Bonchev–Trinajstić information content (AvgIpc) is 2.87. The molecular formula is C27H30F4N2O3. The lowest BCUT2D eigenvalue weighted by Crippen LogP contribution is -2.54. The van der Waals surface area contributed by atoms with E-state index >= 15 is 0 Å². The highest BCUT2D eigenvalue weighted by Gasteiger charge is 2.39. The fraction of sp³-hybridized carbons (Fsp3) is 0.444. The molecule has 0 radical (unpaired) electrons. The van der Waals surface area contributed by atoms with Crippen LogP contribution in [0.1, 0.15) is 47.5 Å². The minimum atomic E-state index is -1.62. The third-order valence-electron chi connectivity index (χ3n) is 7.35. The van der Waals surface area contributed by atoms with Crippen molar-refractivity contribution >= 4 is 5.78 Å². The van der Waals surface area contributed by atoms with Gasteiger partial charge in [-0.3, -0.25) is 4.79 Å². The van der Waals surface area contributed by atoms with Gasteiger partial charge in [0, 0.05) is 37.5 Å². The van der Waals surface area contributed by atoms with Crippen LogP contribution in [0.25, 0.3) is 0 Å². The Balaban J connectivity index is 1.24. The molecule has 2 N–H and O–H groups in total. The van der Waals surface area contributed by atoms with E-state index in [1.807, 2.05) is 12.1 Å². The van der Waals surface area contributed by atoms with Crippen molar-refractivity contribution in [3.8, 4) is 0 Å². The summed E-state index contributed by atoms with van der Waals surface area (Å²) in [7, 11) is 0. The molecule has 9 heteroatoms. The van der Waals surface area contributed by atoms with E-state index in [1.165, 1.54) is 18.3 Å². The number of rotatable bonds is 7. The van der Waals surface area contributed by atoms with Crippen LogP contribution < -0.4 is 0 Å². The Morgan fingerprint density at radius 1 is 1.00 bits per heavy atom. The summed E-state index contributed by atoms with van der Waals surface area (Å²) in [5, 5.41) is 21.8. The van der Waals surface area contributed by atoms with Gasteiger partial charge >= 0.3 is 0 Å². The molecular weight excluding hydrogens is 476 g/mol. The number of allylic oxidation sites excluding steroid dienone is 1. The van der Waals surface area contributed by atoms with Crippen molar-refractivity contribution in [3.05, 3.63) is 83.1 Å². The first-order chi connectivity index (χ1) is 17.1. The normalized spacial score (nSPS) is 20.1. The number of aliphatic hydroxyl groups is 2. The Labute approximate surface area is 207 Å². The molecule has 1 unspecified atom stereocenters. The smallest absolute Gasteiger partial charge is 0.194 e. The summed E-state index contributed by atoms with van der Waals surface area (Å²) in [5.41, 5.74) is -0.440. The Hall–Kier alpha value is -2.75. The number of hydrogen-bond donors (Lipinski definition) is 2. The summed E-state index contributed by atoms with van der Waals surface area (Å²) < 4.78 is 53.0. The second-order valence-electron chi connectivity index (χ2n) is 9.72. The van der Waals surface area contributed by atoms with Gasteiger partial charge in [-0.05, 0) is 74.5 Å². The number of β-amino-alcohol motifs (C(OH)–C–C–N with tert-alkyl or cyclic N) is 1. The number of halogens is 4. The Bertz CT molecular complexity index is 1070. The molecule has 2 heterocycles. The summed E-state index contributed by atoms with van der Waals surface area (Å²) in [6, 6.07) is 7.89. The molecule has 0 aromatic heterocycles. The molecule has 0 aliphatic carbocycles. The van der Waals surface area contributed by atoms with Crippen LogP contribution in [0.15, 0.2) is 48.7 Å². The van der Waals surface area contributed by atoms with Crippen LogP contribution in [0.5, 0.6) is 0 Å². The third-order valence-corrected chi connectivity index (χ3v) is 7.35. The van der Waals surface area contributed by atoms with Crippen LogP contribution in [0, 0.1) is 23.3 Å². The van der Waals surface area contributed by atoms with E-state index in [1.54, 1.807) is 4.90 Å². The Morgan fingerprint density at radius 2 is 1.58 bits per heavy atom. The summed E-state index contributed by atoms with van der Waals surface area (Å²) in [6.07, 6.45) is 4.07. The molecule has 2 saturated heterocycles. The van der Waals surface area contributed by atoms with E-state index in [9.17, 15) is 32.6 Å². The predicted molar refractivity (Wildman–Crippen MR) is 126 cm³/mol. The topological polar surface area (TPSA) is 64.0 Å². The van der Waals surface area contributed by atoms with Crippen molar-refractivity contribution in [1.29, 1.82) is 0 Å². The van der Waals surface area contributed by atoms with Gasteiger partial charge in [-0.15, -0.1) is 0 Å². The molecule has 0 amide bonds. The molecule has 0 spiro atoms. The van der Waals surface area contributed by atoms with Gasteiger partial charge in [0.1, 0.15) is 5.82 Å². The van der Waals surface area contributed by atoms with Crippen molar-refractivity contribution in [2.24, 2.45) is 0 Å². The summed E-state index contributed by atoms with van der Waals surface area (Å²) in [5.74, 6) is -5.05. The van der Waals surface area contributed by atoms with Gasteiger partial charge in [-0.1, -0.05) is 12.1 Å². The minimum absolute atomic E-state index is 0.251. The van der Waals surface area contributed by atoms with E-state index in [-0.39, 0.29) is 11.4 Å². The molecule has 2 aliphatic heterocycles. The molecule has 2 aliphatic rings. The van der Waals surface area contributed by atoms with Crippen LogP contribution in [0.3, 0.4) is 0 Å². The Morgan fingerprint density at radius 3 is 2.17 bits per heavy atom. The molecule has 0 bridgehead atoms. The number of benzene rings is 2. The summed E-state index contributed by atoms with van der Waals surface area (Å²) in [4.78, 5) is 16.1. The predicted octanol–water partition coefficient (Wildman–Crippen LogP) is 4.01. The van der Waals surface area contributed by atoms with Gasteiger partial charge in [0.2, 0.25) is 0 Å². The van der Waals surface area contributed by atoms with Crippen molar-refractivity contribution in [1.82, 2.24) is 9.80 Å². The van der Waals surface area contributed by atoms with Crippen LogP contribution >= 0.6 is 0 Å². The fourth-order valence-corrected chi connectivity index (χ4v) is 4.96. The monoisotopic (exact) mass is 506 g/mol. The lowest BCUT2D eigenvalue weighted by molar-refractivity contribution is -0.114. The van der Waals surface area contributed by atoms with E-state index in [2.05, 4.69) is 4.90 Å². The van der Waals surface area contributed by atoms with E-state index in [0.717, 1.165) is 37.6 Å². The molecule has 36 heavy (non-hydrogen) atoms. The number of aliphatic hydroxyl groups excluding tert-OH is 1. The maximum absolute atomic E-state index is 13.4. The van der Waals surface area contributed by atoms with Gasteiger partial charge in [-0.2, -0.15) is 0 Å². The van der Waals surface area contributed by atoms with E-state index in [4.69, 9.17) is 0 Å². The molecule has 194 valence electrons. The summed E-state index contributed by atoms with van der Waals surface area (Å²) in [6.45, 7) is 2.67. The molecule has 1 atom stereocenters. The van der Waals surface area contributed by atoms with Crippen LogP contribution in [0.4, 0.5) is 17.6 Å². The molecule has 2 aromatic carbocycles. The average molecular weight is 507 g/mol. The molecule has 4 rings (SSSR count). The van der Waals surface area contributed by atoms with Crippen molar-refractivity contribution in [2.75, 3.05) is 32.7 Å². The first-order valence-corrected chi connectivity index (χ1v) is 12.1. The molecule has 0 saturated carbocycles. The fourth-order valence-electron chi connectivity index (χ4n) is 4.96. The SMILES string of the molecule is O=C(C=CN1CCC(O)(C(O)CN2CCC(c3ccc(F)cc3)CC2)CC1)c1cc(F)c(F)c(F)c1. The number of nitrogens with zero attached hydrogens (tertiary/aromatic N) is 2. The number of carbonyl (C=O) groups is 1. The number of hydrogen-bond acceptors (Lipinski definition) is 5. The second-order valence-corrected chi connectivity index (χ2v) is 9.72. The van der Waals surface area contributed by atoms with Crippen LogP contribution in [0.2, 0.25) is 0 Å². The summed E-state index contributed by atoms with van der Waals surface area (Å²) >= 11 is 0. The lowest BCUT2D eigenvalue weighted by atomic mass is 9.84. The number of piperidine rings is 2.